The predicted molar refractivity (Wildman–Crippen MR) is 180 cm³/mol. The number of hydrogen-bond acceptors (Lipinski definition) is 7. The van der Waals surface area contributed by atoms with Crippen molar-refractivity contribution in [3.63, 3.8) is 0 Å². The first kappa shape index (κ1) is 31.4. The molecule has 1 amide bonds. The number of hydrogen-bond donors (Lipinski definition) is 1. The van der Waals surface area contributed by atoms with Crippen LogP contribution in [-0.4, -0.2) is 48.2 Å². The second-order valence-corrected chi connectivity index (χ2v) is 13.0. The number of esters is 1. The van der Waals surface area contributed by atoms with Crippen LogP contribution >= 0.6 is 0 Å². The number of pyridine rings is 1. The third kappa shape index (κ3) is 6.13. The molecule has 1 aliphatic carbocycles. The van der Waals surface area contributed by atoms with E-state index in [1.807, 2.05) is 69.0 Å². The molecule has 1 spiro atoms. The molecule has 2 heterocycles. The van der Waals surface area contributed by atoms with Crippen LogP contribution in [0.2, 0.25) is 0 Å². The summed E-state index contributed by atoms with van der Waals surface area (Å²) in [6.07, 6.45) is 3.83. The molecule has 0 saturated carbocycles. The second kappa shape index (κ2) is 13.0. The van der Waals surface area contributed by atoms with E-state index in [0.29, 0.717) is 43.8 Å². The Kier molecular flexibility index (Phi) is 8.89. The predicted octanol–water partition coefficient (Wildman–Crippen LogP) is 7.55. The first-order valence-corrected chi connectivity index (χ1v) is 16.3. The molecule has 46 heavy (non-hydrogen) atoms. The highest BCUT2D eigenvalue weighted by Gasteiger charge is 2.47. The van der Waals surface area contributed by atoms with Crippen molar-refractivity contribution in [1.82, 2.24) is 9.88 Å². The number of carbonyl (C=O) groups is 2. The summed E-state index contributed by atoms with van der Waals surface area (Å²) in [5.41, 5.74) is 12.5. The largest absolute Gasteiger partial charge is 0.485 e. The number of nitrogens with zero attached hydrogens (tertiary/aromatic N) is 2. The van der Waals surface area contributed by atoms with Gasteiger partial charge in [0, 0.05) is 35.7 Å². The maximum Gasteiger partial charge on any atom is 0.409 e. The number of nitrogen functional groups attached to an aromatic ring is 1. The van der Waals surface area contributed by atoms with Crippen molar-refractivity contribution >= 4 is 28.7 Å². The van der Waals surface area contributed by atoms with Crippen molar-refractivity contribution in [2.24, 2.45) is 5.92 Å². The Morgan fingerprint density at radius 1 is 1.02 bits per heavy atom. The molecule has 2 aliphatic rings. The lowest BCUT2D eigenvalue weighted by Gasteiger charge is -2.39. The van der Waals surface area contributed by atoms with Gasteiger partial charge < -0.3 is 24.8 Å². The number of nitrogens with two attached hydrogens (primary N) is 1. The average Bonchev–Trinajstić information content (AvgIpc) is 3.33. The minimum absolute atomic E-state index is 0.147. The van der Waals surface area contributed by atoms with Gasteiger partial charge in [-0.1, -0.05) is 56.3 Å². The zero-order valence-corrected chi connectivity index (χ0v) is 27.2. The molecular weight excluding hydrogens is 578 g/mol. The fourth-order valence-corrected chi connectivity index (χ4v) is 7.08. The summed E-state index contributed by atoms with van der Waals surface area (Å²) in [5, 5.41) is 1.97. The smallest absolute Gasteiger partial charge is 0.409 e. The van der Waals surface area contributed by atoms with Crippen molar-refractivity contribution in [1.29, 1.82) is 0 Å². The van der Waals surface area contributed by atoms with Crippen LogP contribution < -0.4 is 10.5 Å². The summed E-state index contributed by atoms with van der Waals surface area (Å²) in [6.45, 7) is 9.90. The molecule has 1 atom stereocenters. The molecule has 1 fully saturated rings. The summed E-state index contributed by atoms with van der Waals surface area (Å²) < 4.78 is 17.8. The third-order valence-electron chi connectivity index (χ3n) is 9.48. The van der Waals surface area contributed by atoms with Gasteiger partial charge in [0.15, 0.2) is 0 Å². The van der Waals surface area contributed by atoms with Crippen LogP contribution in [0, 0.1) is 12.8 Å². The quantitative estimate of drug-likeness (QED) is 0.203. The van der Waals surface area contributed by atoms with Crippen molar-refractivity contribution in [2.45, 2.75) is 64.9 Å². The minimum Gasteiger partial charge on any atom is -0.485 e. The molecular formula is C38H43N3O5. The Hall–Kier alpha value is -4.59. The van der Waals surface area contributed by atoms with E-state index in [4.69, 9.17) is 19.9 Å². The summed E-state index contributed by atoms with van der Waals surface area (Å²) in [5.74, 6) is 1.23. The Bertz CT molecular complexity index is 1760. The molecule has 0 radical (unpaired) electrons. The van der Waals surface area contributed by atoms with Crippen LogP contribution in [0.4, 0.5) is 10.6 Å². The molecule has 6 rings (SSSR count). The number of fused-ring (bicyclic) bond motifs is 3. The van der Waals surface area contributed by atoms with Gasteiger partial charge in [0.2, 0.25) is 0 Å². The van der Waals surface area contributed by atoms with E-state index in [2.05, 4.69) is 29.2 Å². The van der Waals surface area contributed by atoms with E-state index in [1.165, 1.54) is 5.56 Å². The number of ether oxygens (including phenoxy) is 3. The zero-order chi connectivity index (χ0) is 32.4. The summed E-state index contributed by atoms with van der Waals surface area (Å²) in [6, 6.07) is 20.7. The topological polar surface area (TPSA) is 104 Å². The number of benzene rings is 3. The van der Waals surface area contributed by atoms with E-state index in [0.717, 1.165) is 57.9 Å². The van der Waals surface area contributed by atoms with Crippen molar-refractivity contribution < 1.29 is 23.8 Å². The number of aromatic nitrogens is 1. The van der Waals surface area contributed by atoms with Gasteiger partial charge in [0.05, 0.1) is 19.6 Å². The Morgan fingerprint density at radius 2 is 1.80 bits per heavy atom. The molecule has 1 aliphatic heterocycles. The minimum atomic E-state index is -0.270. The van der Waals surface area contributed by atoms with Gasteiger partial charge >= 0.3 is 12.1 Å². The number of rotatable bonds is 8. The van der Waals surface area contributed by atoms with Gasteiger partial charge in [-0.05, 0) is 90.4 Å². The summed E-state index contributed by atoms with van der Waals surface area (Å²) in [4.78, 5) is 31.5. The van der Waals surface area contributed by atoms with E-state index >= 15 is 0 Å². The Morgan fingerprint density at radius 3 is 2.57 bits per heavy atom. The van der Waals surface area contributed by atoms with E-state index in [1.54, 1.807) is 6.20 Å². The third-order valence-corrected chi connectivity index (χ3v) is 9.48. The molecule has 1 aromatic heterocycles. The Balaban J connectivity index is 1.37. The van der Waals surface area contributed by atoms with Crippen molar-refractivity contribution in [2.75, 3.05) is 32.0 Å². The fourth-order valence-electron chi connectivity index (χ4n) is 7.08. The van der Waals surface area contributed by atoms with Crippen LogP contribution in [0.5, 0.6) is 5.75 Å². The SMILES string of the molecule is CCOC(=O)Cc1c(C)cccc1OC1CC2(CCN(C(=O)OCC(C)C)CC2)c2ccc(-c3cccc4c(N)nccc34)cc21. The number of piperidine rings is 1. The molecule has 2 N–H and O–H groups in total. The van der Waals surface area contributed by atoms with Gasteiger partial charge in [-0.3, -0.25) is 4.79 Å². The Labute approximate surface area is 270 Å². The standard InChI is InChI=1S/C38H43N3O5/c1-5-44-35(42)21-30-25(4)8-6-11-33(30)46-34-22-38(15-18-41(19-16-38)37(43)45-23-24(2)3)32-13-12-26(20-31(32)34)27-9-7-10-29-28(27)14-17-40-36(29)39/h6-14,17,20,24,34H,5,15-16,18-19,21-23H2,1-4H3,(H2,39,40). The van der Waals surface area contributed by atoms with Gasteiger partial charge in [-0.15, -0.1) is 0 Å². The number of anilines is 1. The highest BCUT2D eigenvalue weighted by Crippen LogP contribution is 2.53. The highest BCUT2D eigenvalue weighted by atomic mass is 16.6. The lowest BCUT2D eigenvalue weighted by molar-refractivity contribution is -0.142. The maximum atomic E-state index is 12.8. The van der Waals surface area contributed by atoms with Crippen LogP contribution in [0.1, 0.15) is 68.4 Å². The lowest BCUT2D eigenvalue weighted by atomic mass is 9.73. The summed E-state index contributed by atoms with van der Waals surface area (Å²) in [7, 11) is 0. The van der Waals surface area contributed by atoms with E-state index in [-0.39, 0.29) is 30.0 Å². The highest BCUT2D eigenvalue weighted by molar-refractivity contribution is 6.01. The molecule has 240 valence electrons. The number of aryl methyl sites for hydroxylation is 1. The number of likely N-dealkylation sites (tertiary alicyclic amines) is 1. The molecule has 4 aromatic rings. The lowest BCUT2D eigenvalue weighted by Crippen LogP contribution is -2.45. The van der Waals surface area contributed by atoms with Crippen LogP contribution in [-0.2, 0) is 26.1 Å². The van der Waals surface area contributed by atoms with E-state index < -0.39 is 0 Å². The maximum absolute atomic E-state index is 12.8. The van der Waals surface area contributed by atoms with Crippen LogP contribution in [0.3, 0.4) is 0 Å². The van der Waals surface area contributed by atoms with Gasteiger partial charge in [-0.2, -0.15) is 0 Å². The normalized spacial score (nSPS) is 16.9. The van der Waals surface area contributed by atoms with Crippen molar-refractivity contribution in [3.05, 3.63) is 89.1 Å². The van der Waals surface area contributed by atoms with Crippen LogP contribution in [0.25, 0.3) is 21.9 Å². The monoisotopic (exact) mass is 621 g/mol. The van der Waals surface area contributed by atoms with Gasteiger partial charge in [0.1, 0.15) is 17.7 Å². The van der Waals surface area contributed by atoms with Gasteiger partial charge in [-0.25, -0.2) is 9.78 Å². The molecule has 3 aromatic carbocycles. The number of amides is 1. The molecule has 8 heteroatoms. The molecule has 1 saturated heterocycles. The zero-order valence-electron chi connectivity index (χ0n) is 27.2. The first-order chi connectivity index (χ1) is 22.2. The second-order valence-electron chi connectivity index (χ2n) is 13.0. The molecule has 0 bridgehead atoms. The molecule has 1 unspecified atom stereocenters. The summed E-state index contributed by atoms with van der Waals surface area (Å²) >= 11 is 0. The van der Waals surface area contributed by atoms with E-state index in [9.17, 15) is 9.59 Å². The molecule has 8 nitrogen and oxygen atoms in total. The average molecular weight is 622 g/mol. The number of carbonyl (C=O) groups excluding carboxylic acids is 2. The van der Waals surface area contributed by atoms with Crippen LogP contribution in [0.15, 0.2) is 66.9 Å². The van der Waals surface area contributed by atoms with Gasteiger partial charge in [0.25, 0.3) is 0 Å². The first-order valence-electron chi connectivity index (χ1n) is 16.3. The fraction of sp³-hybridized carbons (Fsp3) is 0.395. The van der Waals surface area contributed by atoms with Crippen molar-refractivity contribution in [3.8, 4) is 16.9 Å².